The summed E-state index contributed by atoms with van der Waals surface area (Å²) in [5.74, 6) is 1.44. The zero-order valence-electron chi connectivity index (χ0n) is 15.9. The number of aromatic nitrogens is 5. The van der Waals surface area contributed by atoms with Crippen molar-refractivity contribution in [3.05, 3.63) is 29.1 Å². The summed E-state index contributed by atoms with van der Waals surface area (Å²) in [4.78, 5) is 14.8. The third kappa shape index (κ3) is 3.45. The first kappa shape index (κ1) is 17.6. The molecule has 1 aliphatic rings. The number of hydrogen-bond acceptors (Lipinski definition) is 4. The highest BCUT2D eigenvalue weighted by Gasteiger charge is 2.29. The minimum absolute atomic E-state index is 0.180. The lowest BCUT2D eigenvalue weighted by Gasteiger charge is -2.33. The van der Waals surface area contributed by atoms with E-state index in [2.05, 4.69) is 33.7 Å². The first-order valence-electron chi connectivity index (χ1n) is 9.04. The number of hydrogen-bond donors (Lipinski definition) is 0. The number of amides is 1. The van der Waals surface area contributed by atoms with Crippen LogP contribution in [0.5, 0.6) is 0 Å². The smallest absolute Gasteiger partial charge is 0.227 e. The van der Waals surface area contributed by atoms with Crippen molar-refractivity contribution in [2.75, 3.05) is 13.1 Å². The number of likely N-dealkylation sites (tertiary alicyclic amines) is 1. The van der Waals surface area contributed by atoms with E-state index in [4.69, 9.17) is 0 Å². The van der Waals surface area contributed by atoms with E-state index >= 15 is 0 Å². The maximum atomic E-state index is 12.9. The first-order valence-corrected chi connectivity index (χ1v) is 9.04. The molecule has 1 atom stereocenters. The molecular formula is C18H28N6O. The Hall–Kier alpha value is -2.18. The second-order valence-corrected chi connectivity index (χ2v) is 7.32. The molecular weight excluding hydrogens is 316 g/mol. The molecule has 0 bridgehead atoms. The number of rotatable bonds is 4. The number of carbonyl (C=O) groups excluding carboxylic acids is 1. The van der Waals surface area contributed by atoms with Gasteiger partial charge in [-0.3, -0.25) is 9.48 Å². The van der Waals surface area contributed by atoms with Crippen molar-refractivity contribution in [1.29, 1.82) is 0 Å². The summed E-state index contributed by atoms with van der Waals surface area (Å²) in [7, 11) is 1.92. The fraction of sp³-hybridized carbons (Fsp3) is 0.667. The van der Waals surface area contributed by atoms with Gasteiger partial charge in [-0.05, 0) is 40.5 Å². The first-order chi connectivity index (χ1) is 11.9. The molecule has 0 saturated carbocycles. The maximum Gasteiger partial charge on any atom is 0.227 e. The van der Waals surface area contributed by atoms with Crippen molar-refractivity contribution in [3.8, 4) is 0 Å². The van der Waals surface area contributed by atoms with E-state index in [1.54, 1.807) is 6.33 Å². The number of nitrogens with zero attached hydrogens (tertiary/aromatic N) is 6. The molecule has 2 aromatic rings. The summed E-state index contributed by atoms with van der Waals surface area (Å²) in [6, 6.07) is 0.330. The van der Waals surface area contributed by atoms with Crippen molar-refractivity contribution in [2.45, 2.75) is 58.9 Å². The molecule has 7 heteroatoms. The van der Waals surface area contributed by atoms with Crippen LogP contribution >= 0.6 is 0 Å². The van der Waals surface area contributed by atoms with Crippen molar-refractivity contribution in [3.63, 3.8) is 0 Å². The normalized spacial score (nSPS) is 18.2. The summed E-state index contributed by atoms with van der Waals surface area (Å²) in [5, 5.41) is 12.8. The summed E-state index contributed by atoms with van der Waals surface area (Å²) in [5.41, 5.74) is 3.07. The van der Waals surface area contributed by atoms with Crippen LogP contribution in [0.25, 0.3) is 0 Å². The van der Waals surface area contributed by atoms with Crippen molar-refractivity contribution < 1.29 is 4.79 Å². The minimum Gasteiger partial charge on any atom is -0.342 e. The summed E-state index contributed by atoms with van der Waals surface area (Å²) in [6.45, 7) is 9.80. The summed E-state index contributed by atoms with van der Waals surface area (Å²) >= 11 is 0. The Balaban J connectivity index is 1.72. The highest BCUT2D eigenvalue weighted by Crippen LogP contribution is 2.27. The molecule has 1 aliphatic heterocycles. The van der Waals surface area contributed by atoms with Crippen LogP contribution in [0, 0.1) is 13.8 Å². The standard InChI is InChI=1S/C18H28N6O/c1-12(2)24-11-19-20-18(24)15-7-6-8-23(10-15)17(25)9-16-13(3)21-22(5)14(16)4/h11-12,15H,6-10H2,1-5H3/t15-/m0/s1. The molecule has 136 valence electrons. The van der Waals surface area contributed by atoms with Gasteiger partial charge in [0.15, 0.2) is 0 Å². The Morgan fingerprint density at radius 1 is 1.36 bits per heavy atom. The van der Waals surface area contributed by atoms with Gasteiger partial charge in [0, 0.05) is 43.4 Å². The average Bonchev–Trinajstić information content (AvgIpc) is 3.16. The topological polar surface area (TPSA) is 68.8 Å². The van der Waals surface area contributed by atoms with Crippen LogP contribution < -0.4 is 0 Å². The molecule has 1 saturated heterocycles. The van der Waals surface area contributed by atoms with Gasteiger partial charge in [0.2, 0.25) is 5.91 Å². The SMILES string of the molecule is Cc1nn(C)c(C)c1CC(=O)N1CCC[C@H](c2nncn2C(C)C)C1. The van der Waals surface area contributed by atoms with Gasteiger partial charge in [-0.25, -0.2) is 0 Å². The predicted molar refractivity (Wildman–Crippen MR) is 95.3 cm³/mol. The molecule has 1 fully saturated rings. The highest BCUT2D eigenvalue weighted by molar-refractivity contribution is 5.79. The van der Waals surface area contributed by atoms with Crippen LogP contribution in [0.2, 0.25) is 0 Å². The molecule has 7 nitrogen and oxygen atoms in total. The second-order valence-electron chi connectivity index (χ2n) is 7.32. The molecule has 0 aliphatic carbocycles. The number of piperidine rings is 1. The predicted octanol–water partition coefficient (Wildman–Crippen LogP) is 2.16. The van der Waals surface area contributed by atoms with Crippen molar-refractivity contribution in [1.82, 2.24) is 29.4 Å². The molecule has 25 heavy (non-hydrogen) atoms. The van der Waals surface area contributed by atoms with Crippen LogP contribution in [0.4, 0.5) is 0 Å². The molecule has 3 heterocycles. The van der Waals surface area contributed by atoms with Crippen LogP contribution in [-0.2, 0) is 18.3 Å². The van der Waals surface area contributed by atoms with Crippen molar-refractivity contribution in [2.24, 2.45) is 7.05 Å². The van der Waals surface area contributed by atoms with Gasteiger partial charge in [-0.15, -0.1) is 10.2 Å². The Bertz CT molecular complexity index is 760. The van der Waals surface area contributed by atoms with Crippen molar-refractivity contribution >= 4 is 5.91 Å². The lowest BCUT2D eigenvalue weighted by Crippen LogP contribution is -2.40. The lowest BCUT2D eigenvalue weighted by molar-refractivity contribution is -0.131. The molecule has 0 radical (unpaired) electrons. The van der Waals surface area contributed by atoms with E-state index in [0.29, 0.717) is 12.5 Å². The fourth-order valence-electron chi connectivity index (χ4n) is 3.69. The second kappa shape index (κ2) is 6.98. The minimum atomic E-state index is 0.180. The van der Waals surface area contributed by atoms with Gasteiger partial charge in [0.05, 0.1) is 12.1 Å². The summed E-state index contributed by atoms with van der Waals surface area (Å²) in [6.07, 6.45) is 4.28. The van der Waals surface area contributed by atoms with E-state index < -0.39 is 0 Å². The number of carbonyl (C=O) groups is 1. The molecule has 0 aromatic carbocycles. The van der Waals surface area contributed by atoms with Gasteiger partial charge < -0.3 is 9.47 Å². The van der Waals surface area contributed by atoms with Gasteiger partial charge >= 0.3 is 0 Å². The molecule has 0 spiro atoms. The van der Waals surface area contributed by atoms with E-state index in [-0.39, 0.29) is 11.8 Å². The average molecular weight is 344 g/mol. The maximum absolute atomic E-state index is 12.9. The van der Waals surface area contributed by atoms with Crippen LogP contribution in [0.15, 0.2) is 6.33 Å². The monoisotopic (exact) mass is 344 g/mol. The van der Waals surface area contributed by atoms with Crippen LogP contribution in [-0.4, -0.2) is 48.4 Å². The lowest BCUT2D eigenvalue weighted by atomic mass is 9.96. The quantitative estimate of drug-likeness (QED) is 0.852. The third-order valence-corrected chi connectivity index (χ3v) is 5.28. The third-order valence-electron chi connectivity index (χ3n) is 5.28. The molecule has 3 rings (SSSR count). The van der Waals surface area contributed by atoms with E-state index in [1.807, 2.05) is 30.5 Å². The van der Waals surface area contributed by atoms with Crippen LogP contribution in [0.1, 0.15) is 61.4 Å². The van der Waals surface area contributed by atoms with Gasteiger partial charge in [-0.2, -0.15) is 5.10 Å². The Morgan fingerprint density at radius 2 is 2.12 bits per heavy atom. The molecule has 2 aromatic heterocycles. The Labute approximate surface area is 149 Å². The van der Waals surface area contributed by atoms with E-state index in [0.717, 1.165) is 48.7 Å². The Morgan fingerprint density at radius 3 is 2.76 bits per heavy atom. The summed E-state index contributed by atoms with van der Waals surface area (Å²) < 4.78 is 3.97. The zero-order chi connectivity index (χ0) is 18.1. The van der Waals surface area contributed by atoms with E-state index in [9.17, 15) is 4.79 Å². The van der Waals surface area contributed by atoms with Gasteiger partial charge in [0.25, 0.3) is 0 Å². The zero-order valence-corrected chi connectivity index (χ0v) is 15.9. The van der Waals surface area contributed by atoms with Gasteiger partial charge in [0.1, 0.15) is 12.2 Å². The van der Waals surface area contributed by atoms with Crippen LogP contribution in [0.3, 0.4) is 0 Å². The largest absolute Gasteiger partial charge is 0.342 e. The number of aryl methyl sites for hydroxylation is 2. The Kier molecular flexibility index (Phi) is 4.92. The highest BCUT2D eigenvalue weighted by atomic mass is 16.2. The molecule has 1 amide bonds. The molecule has 0 unspecified atom stereocenters. The van der Waals surface area contributed by atoms with E-state index in [1.165, 1.54) is 0 Å². The van der Waals surface area contributed by atoms with Gasteiger partial charge in [-0.1, -0.05) is 0 Å². The molecule has 0 N–H and O–H groups in total. The fourth-order valence-corrected chi connectivity index (χ4v) is 3.69.